The van der Waals surface area contributed by atoms with Gasteiger partial charge in [-0.2, -0.15) is 0 Å². The van der Waals surface area contributed by atoms with Crippen molar-refractivity contribution in [3.05, 3.63) is 130 Å². The summed E-state index contributed by atoms with van der Waals surface area (Å²) < 4.78 is 5.93. The third-order valence-electron chi connectivity index (χ3n) is 10.3. The number of hydrogen-bond acceptors (Lipinski definition) is 6. The van der Waals surface area contributed by atoms with Crippen LogP contribution in [0.25, 0.3) is 0 Å². The highest BCUT2D eigenvalue weighted by atomic mass is 16.5. The molecule has 0 radical (unpaired) electrons. The maximum absolute atomic E-state index is 13.4. The number of ether oxygens (including phenoxy) is 1. The van der Waals surface area contributed by atoms with Crippen molar-refractivity contribution >= 4 is 30.2 Å². The lowest BCUT2D eigenvalue weighted by atomic mass is 9.94. The van der Waals surface area contributed by atoms with E-state index in [9.17, 15) is 19.2 Å². The average molecular weight is 731 g/mol. The largest absolute Gasteiger partial charge is 0.494 e. The quantitative estimate of drug-likeness (QED) is 0.0667. The number of amides is 3. The van der Waals surface area contributed by atoms with Gasteiger partial charge in [-0.15, -0.1) is 0 Å². The molecule has 3 N–H and O–H groups in total. The van der Waals surface area contributed by atoms with Gasteiger partial charge < -0.3 is 30.4 Å². The molecule has 0 spiro atoms. The Balaban J connectivity index is 1.31. The average Bonchev–Trinajstić information content (AvgIpc) is 3.72. The van der Waals surface area contributed by atoms with Crippen molar-refractivity contribution in [3.63, 3.8) is 0 Å². The number of nitrogens with one attached hydrogen (secondary N) is 1. The third kappa shape index (κ3) is 11.9. The fourth-order valence-electron chi connectivity index (χ4n) is 7.20. The Bertz CT molecular complexity index is 1790. The van der Waals surface area contributed by atoms with Crippen LogP contribution in [0, 0.1) is 12.8 Å². The minimum atomic E-state index is -0.311. The van der Waals surface area contributed by atoms with E-state index in [1.54, 1.807) is 17.0 Å². The monoisotopic (exact) mass is 730 g/mol. The summed E-state index contributed by atoms with van der Waals surface area (Å²) >= 11 is 0. The van der Waals surface area contributed by atoms with Crippen molar-refractivity contribution in [1.82, 2.24) is 9.80 Å². The highest BCUT2D eigenvalue weighted by Gasteiger charge is 2.23. The number of nitrogens with two attached hydrogens (primary N) is 1. The highest BCUT2D eigenvalue weighted by Crippen LogP contribution is 2.31. The number of carbonyl (C=O) groups is 4. The van der Waals surface area contributed by atoms with Gasteiger partial charge in [0.05, 0.1) is 19.2 Å². The second-order valence-electron chi connectivity index (χ2n) is 14.3. The fourth-order valence-corrected chi connectivity index (χ4v) is 7.20. The predicted molar refractivity (Wildman–Crippen MR) is 213 cm³/mol. The summed E-state index contributed by atoms with van der Waals surface area (Å²) in [5, 5.41) is 3.08. The summed E-state index contributed by atoms with van der Waals surface area (Å²) in [6, 6.07) is 30.3. The summed E-state index contributed by atoms with van der Waals surface area (Å²) in [7, 11) is 0. The number of anilines is 1. The zero-order chi connectivity index (χ0) is 38.1. The molecule has 5 rings (SSSR count). The number of nitrogens with zero attached hydrogens (tertiary/aromatic N) is 2. The standard InChI is InChI=1S/C45H54N4O5/c1-34-29-41(47-44(52)24-15-35-9-5-6-10-35)21-18-40(34)30-43(38-19-22-42(23-20-38)54-28-8-7-25-46)49(33-51)32-37-13-16-39(17-14-37)45(53)48(26-27-50)31-36-11-3-2-4-12-36/h2-4,11-14,16-23,27,29,33,35,43H,5-10,15,24-26,28,30-32,46H2,1H3,(H,47,52). The van der Waals surface area contributed by atoms with Crippen LogP contribution in [0.1, 0.15) is 95.6 Å². The molecule has 0 heterocycles. The van der Waals surface area contributed by atoms with Crippen LogP contribution in [0.4, 0.5) is 5.69 Å². The van der Waals surface area contributed by atoms with E-state index in [2.05, 4.69) is 5.32 Å². The van der Waals surface area contributed by atoms with Crippen molar-refractivity contribution in [2.24, 2.45) is 11.7 Å². The first-order chi connectivity index (χ1) is 26.4. The molecule has 1 saturated carbocycles. The first-order valence-corrected chi connectivity index (χ1v) is 19.3. The molecule has 9 heteroatoms. The van der Waals surface area contributed by atoms with Crippen LogP contribution >= 0.6 is 0 Å². The van der Waals surface area contributed by atoms with Gasteiger partial charge in [0.15, 0.2) is 0 Å². The van der Waals surface area contributed by atoms with E-state index in [-0.39, 0.29) is 24.4 Å². The molecule has 9 nitrogen and oxygen atoms in total. The van der Waals surface area contributed by atoms with Crippen LogP contribution in [0.2, 0.25) is 0 Å². The van der Waals surface area contributed by atoms with E-state index in [4.69, 9.17) is 10.5 Å². The zero-order valence-electron chi connectivity index (χ0n) is 31.5. The number of rotatable bonds is 21. The Kier molecular flexibility index (Phi) is 15.4. The molecular weight excluding hydrogens is 677 g/mol. The zero-order valence-corrected chi connectivity index (χ0v) is 31.5. The van der Waals surface area contributed by atoms with Gasteiger partial charge in [0.1, 0.15) is 12.0 Å². The molecule has 3 amide bonds. The molecule has 0 saturated heterocycles. The van der Waals surface area contributed by atoms with Gasteiger partial charge in [-0.1, -0.05) is 86.3 Å². The summed E-state index contributed by atoms with van der Waals surface area (Å²) in [5.41, 5.74) is 11.7. The van der Waals surface area contributed by atoms with Gasteiger partial charge in [0.2, 0.25) is 12.3 Å². The van der Waals surface area contributed by atoms with Gasteiger partial charge in [0.25, 0.3) is 5.91 Å². The molecule has 0 aliphatic heterocycles. The number of carbonyl (C=O) groups excluding carboxylic acids is 4. The number of benzene rings is 4. The molecule has 1 aliphatic rings. The van der Waals surface area contributed by atoms with E-state index in [1.807, 2.05) is 91.9 Å². The Morgan fingerprint density at radius 2 is 1.61 bits per heavy atom. The Morgan fingerprint density at radius 1 is 0.889 bits per heavy atom. The van der Waals surface area contributed by atoms with Crippen molar-refractivity contribution in [3.8, 4) is 5.75 Å². The van der Waals surface area contributed by atoms with Gasteiger partial charge in [-0.05, 0) is 109 Å². The lowest BCUT2D eigenvalue weighted by molar-refractivity contribution is -0.121. The second-order valence-corrected chi connectivity index (χ2v) is 14.3. The molecule has 0 bridgehead atoms. The smallest absolute Gasteiger partial charge is 0.254 e. The molecule has 1 unspecified atom stereocenters. The first-order valence-electron chi connectivity index (χ1n) is 19.3. The summed E-state index contributed by atoms with van der Waals surface area (Å²) in [5.74, 6) is 1.23. The van der Waals surface area contributed by atoms with Crippen molar-refractivity contribution in [1.29, 1.82) is 0 Å². The highest BCUT2D eigenvalue weighted by molar-refractivity contribution is 5.95. The normalized spacial score (nSPS) is 13.2. The lowest BCUT2D eigenvalue weighted by Crippen LogP contribution is -2.32. The molecule has 4 aromatic carbocycles. The van der Waals surface area contributed by atoms with Crippen LogP contribution in [0.5, 0.6) is 5.75 Å². The van der Waals surface area contributed by atoms with Gasteiger partial charge in [-0.25, -0.2) is 0 Å². The van der Waals surface area contributed by atoms with Crippen LogP contribution in [-0.4, -0.2) is 54.0 Å². The maximum Gasteiger partial charge on any atom is 0.254 e. The number of hydrogen-bond donors (Lipinski definition) is 2. The van der Waals surface area contributed by atoms with Crippen molar-refractivity contribution < 1.29 is 23.9 Å². The molecule has 0 aromatic heterocycles. The molecule has 1 aliphatic carbocycles. The van der Waals surface area contributed by atoms with E-state index >= 15 is 0 Å². The Morgan fingerprint density at radius 3 is 2.28 bits per heavy atom. The van der Waals surface area contributed by atoms with Crippen LogP contribution < -0.4 is 15.8 Å². The lowest BCUT2D eigenvalue weighted by Gasteiger charge is -2.30. The minimum Gasteiger partial charge on any atom is -0.494 e. The Labute approximate surface area is 319 Å². The minimum absolute atomic E-state index is 0.0131. The van der Waals surface area contributed by atoms with Crippen molar-refractivity contribution in [2.75, 3.05) is 25.0 Å². The molecular formula is C45H54N4O5. The van der Waals surface area contributed by atoms with E-state index < -0.39 is 0 Å². The summed E-state index contributed by atoms with van der Waals surface area (Å²) in [6.45, 7) is 3.87. The van der Waals surface area contributed by atoms with E-state index in [1.165, 1.54) is 30.6 Å². The number of unbranched alkanes of at least 4 members (excludes halogenated alkanes) is 1. The fraction of sp³-hybridized carbons (Fsp3) is 0.378. The van der Waals surface area contributed by atoms with Gasteiger partial charge in [0, 0.05) is 30.8 Å². The first kappa shape index (κ1) is 39.9. The topological polar surface area (TPSA) is 122 Å². The van der Waals surface area contributed by atoms with Crippen LogP contribution in [0.3, 0.4) is 0 Å². The molecule has 54 heavy (non-hydrogen) atoms. The molecule has 284 valence electrons. The SMILES string of the molecule is Cc1cc(NC(=O)CCC2CCCC2)ccc1CC(c1ccc(OCCCCN)cc1)N(C=O)Cc1ccc(C(=O)N(CC=O)Cc2ccccc2)cc1. The maximum atomic E-state index is 13.4. The predicted octanol–water partition coefficient (Wildman–Crippen LogP) is 7.81. The van der Waals surface area contributed by atoms with Gasteiger partial charge in [-0.3, -0.25) is 14.4 Å². The van der Waals surface area contributed by atoms with Crippen molar-refractivity contribution in [2.45, 2.75) is 83.8 Å². The summed E-state index contributed by atoms with van der Waals surface area (Å²) in [6.07, 6.45) is 10.4. The van der Waals surface area contributed by atoms with E-state index in [0.717, 1.165) is 71.2 Å². The van der Waals surface area contributed by atoms with Crippen LogP contribution in [-0.2, 0) is 33.9 Å². The number of aldehydes is 1. The molecule has 1 atom stereocenters. The Hall–Kier alpha value is -5.28. The van der Waals surface area contributed by atoms with E-state index in [0.29, 0.717) is 50.6 Å². The van der Waals surface area contributed by atoms with Crippen LogP contribution in [0.15, 0.2) is 97.1 Å². The molecule has 1 fully saturated rings. The van der Waals surface area contributed by atoms with Gasteiger partial charge >= 0.3 is 0 Å². The second kappa shape index (κ2) is 20.8. The number of aryl methyl sites for hydroxylation is 1. The summed E-state index contributed by atoms with van der Waals surface area (Å²) in [4.78, 5) is 53.8. The third-order valence-corrected chi connectivity index (χ3v) is 10.3. The molecule has 4 aromatic rings.